The van der Waals surface area contributed by atoms with E-state index in [4.69, 9.17) is 0 Å². The second-order valence-electron chi connectivity index (χ2n) is 5.11. The summed E-state index contributed by atoms with van der Waals surface area (Å²) in [6.45, 7) is 2.25. The van der Waals surface area contributed by atoms with Gasteiger partial charge < -0.3 is 4.74 Å². The van der Waals surface area contributed by atoms with Gasteiger partial charge in [-0.05, 0) is 25.7 Å². The minimum atomic E-state index is 0.983. The van der Waals surface area contributed by atoms with E-state index < -0.39 is 0 Å². The van der Waals surface area contributed by atoms with Crippen LogP contribution in [0.3, 0.4) is 0 Å². The summed E-state index contributed by atoms with van der Waals surface area (Å²) in [7, 11) is 1.62. The Kier molecular flexibility index (Phi) is 16.3. The van der Waals surface area contributed by atoms with E-state index in [9.17, 15) is 0 Å². The highest BCUT2D eigenvalue weighted by Gasteiger charge is 1.90. The van der Waals surface area contributed by atoms with E-state index in [0.29, 0.717) is 0 Å². The molecule has 0 unspecified atom stereocenters. The maximum atomic E-state index is 4.69. The second kappa shape index (κ2) is 17.1. The van der Waals surface area contributed by atoms with Gasteiger partial charge in [-0.15, -0.1) is 0 Å². The van der Waals surface area contributed by atoms with Crippen LogP contribution in [0.5, 0.6) is 0 Å². The third-order valence-electron chi connectivity index (χ3n) is 3.24. The summed E-state index contributed by atoms with van der Waals surface area (Å²) < 4.78 is 4.69. The minimum Gasteiger partial charge on any atom is -0.450 e. The lowest BCUT2D eigenvalue weighted by Gasteiger charge is -1.99. The van der Waals surface area contributed by atoms with Crippen molar-refractivity contribution in [3.05, 3.63) is 12.2 Å². The lowest BCUT2D eigenvalue weighted by Crippen LogP contribution is -1.80. The molecule has 0 N–H and O–H groups in total. The largest absolute Gasteiger partial charge is 0.450 e. The molecule has 1 nitrogen and oxygen atoms in total. The molecule has 0 aromatic carbocycles. The Hall–Kier alpha value is -0.900. The Morgan fingerprint density at radius 1 is 0.789 bits per heavy atom. The van der Waals surface area contributed by atoms with Gasteiger partial charge in [0.1, 0.15) is 6.11 Å². The average molecular weight is 264 g/mol. The smallest absolute Gasteiger partial charge is 0.109 e. The predicted octanol–water partition coefficient (Wildman–Crippen LogP) is 5.85. The van der Waals surface area contributed by atoms with Gasteiger partial charge in [-0.2, -0.15) is 0 Å². The van der Waals surface area contributed by atoms with Crippen LogP contribution in [0.25, 0.3) is 0 Å². The summed E-state index contributed by atoms with van der Waals surface area (Å²) in [5, 5.41) is 0. The average Bonchev–Trinajstić information content (AvgIpc) is 2.43. The molecule has 0 atom stereocenters. The molecule has 1 heteroatoms. The molecule has 0 bridgehead atoms. The van der Waals surface area contributed by atoms with Crippen LogP contribution < -0.4 is 0 Å². The van der Waals surface area contributed by atoms with Crippen molar-refractivity contribution in [2.24, 2.45) is 0 Å². The van der Waals surface area contributed by atoms with E-state index in [1.54, 1.807) is 7.11 Å². The Balaban J connectivity index is 3.04. The molecule has 0 aromatic heterocycles. The lowest BCUT2D eigenvalue weighted by molar-refractivity contribution is 0.371. The standard InChI is InChI=1S/C18H32O/c1-3-4-5-6-7-8-9-10-11-12-13-14-15-16-17-18-19-2/h6-7H,3-5,8-16H2,1-2H3/b7-6-. The van der Waals surface area contributed by atoms with Crippen molar-refractivity contribution in [1.29, 1.82) is 0 Å². The molecule has 0 amide bonds. The molecule has 0 aliphatic heterocycles. The van der Waals surface area contributed by atoms with Gasteiger partial charge >= 0.3 is 0 Å². The summed E-state index contributed by atoms with van der Waals surface area (Å²) in [5.74, 6) is 2.99. The van der Waals surface area contributed by atoms with E-state index in [2.05, 4.69) is 35.8 Å². The van der Waals surface area contributed by atoms with Crippen molar-refractivity contribution >= 4 is 0 Å². The van der Waals surface area contributed by atoms with E-state index in [-0.39, 0.29) is 0 Å². The van der Waals surface area contributed by atoms with Gasteiger partial charge in [0.2, 0.25) is 0 Å². The summed E-state index contributed by atoms with van der Waals surface area (Å²) in [4.78, 5) is 0. The Morgan fingerprint density at radius 2 is 1.37 bits per heavy atom. The zero-order valence-corrected chi connectivity index (χ0v) is 13.0. The van der Waals surface area contributed by atoms with Gasteiger partial charge in [-0.3, -0.25) is 0 Å². The van der Waals surface area contributed by atoms with Gasteiger partial charge in [0, 0.05) is 6.42 Å². The molecule has 0 rings (SSSR count). The van der Waals surface area contributed by atoms with Crippen molar-refractivity contribution in [3.63, 3.8) is 0 Å². The van der Waals surface area contributed by atoms with Crippen LogP contribution in [-0.4, -0.2) is 7.11 Å². The molecular weight excluding hydrogens is 232 g/mol. The summed E-state index contributed by atoms with van der Waals surface area (Å²) in [6.07, 6.45) is 23.0. The van der Waals surface area contributed by atoms with Crippen molar-refractivity contribution in [2.45, 2.75) is 84.0 Å². The number of unbranched alkanes of at least 4 members (excludes halogenated alkanes) is 10. The molecule has 0 saturated carbocycles. The fourth-order valence-corrected chi connectivity index (χ4v) is 2.04. The molecule has 19 heavy (non-hydrogen) atoms. The van der Waals surface area contributed by atoms with Gasteiger partial charge in [0.05, 0.1) is 7.11 Å². The highest BCUT2D eigenvalue weighted by Crippen LogP contribution is 2.10. The molecule has 0 radical (unpaired) electrons. The highest BCUT2D eigenvalue weighted by molar-refractivity contribution is 4.90. The normalized spacial score (nSPS) is 10.4. The molecule has 0 aromatic rings. The monoisotopic (exact) mass is 264 g/mol. The van der Waals surface area contributed by atoms with E-state index in [1.165, 1.54) is 70.6 Å². The van der Waals surface area contributed by atoms with E-state index in [0.717, 1.165) is 6.42 Å². The molecular formula is C18H32O. The number of methoxy groups -OCH3 is 1. The van der Waals surface area contributed by atoms with Gasteiger partial charge in [0.15, 0.2) is 0 Å². The van der Waals surface area contributed by atoms with Crippen LogP contribution >= 0.6 is 0 Å². The molecule has 0 spiro atoms. The van der Waals surface area contributed by atoms with Gasteiger partial charge in [-0.1, -0.05) is 69.9 Å². The first-order valence-corrected chi connectivity index (χ1v) is 8.07. The maximum absolute atomic E-state index is 4.69. The Labute approximate surface area is 120 Å². The summed E-state index contributed by atoms with van der Waals surface area (Å²) in [5.41, 5.74) is 0. The maximum Gasteiger partial charge on any atom is 0.109 e. The molecule has 0 aliphatic carbocycles. The zero-order chi connectivity index (χ0) is 14.0. The van der Waals surface area contributed by atoms with Crippen LogP contribution in [0.2, 0.25) is 0 Å². The highest BCUT2D eigenvalue weighted by atomic mass is 16.5. The third kappa shape index (κ3) is 17.1. The molecule has 0 aliphatic rings. The van der Waals surface area contributed by atoms with Crippen LogP contribution in [0.15, 0.2) is 12.2 Å². The number of allylic oxidation sites excluding steroid dienone is 2. The van der Waals surface area contributed by atoms with Crippen LogP contribution in [0, 0.1) is 12.0 Å². The number of hydrogen-bond acceptors (Lipinski definition) is 1. The van der Waals surface area contributed by atoms with Crippen molar-refractivity contribution in [2.75, 3.05) is 7.11 Å². The van der Waals surface area contributed by atoms with Crippen molar-refractivity contribution < 1.29 is 4.74 Å². The molecule has 0 fully saturated rings. The van der Waals surface area contributed by atoms with Crippen molar-refractivity contribution in [3.8, 4) is 12.0 Å². The Bertz CT molecular complexity index is 244. The van der Waals surface area contributed by atoms with Crippen LogP contribution in [-0.2, 0) is 4.74 Å². The predicted molar refractivity (Wildman–Crippen MR) is 85.0 cm³/mol. The molecule has 0 saturated heterocycles. The minimum absolute atomic E-state index is 0.983. The Morgan fingerprint density at radius 3 is 2.00 bits per heavy atom. The summed E-state index contributed by atoms with van der Waals surface area (Å²) in [6, 6.07) is 0. The van der Waals surface area contributed by atoms with E-state index >= 15 is 0 Å². The van der Waals surface area contributed by atoms with Crippen molar-refractivity contribution in [1.82, 2.24) is 0 Å². The summed E-state index contributed by atoms with van der Waals surface area (Å²) >= 11 is 0. The molecule has 110 valence electrons. The first-order chi connectivity index (χ1) is 9.41. The number of hydrogen-bond donors (Lipinski definition) is 0. The molecule has 0 heterocycles. The number of ether oxygens (including phenoxy) is 1. The third-order valence-corrected chi connectivity index (χ3v) is 3.24. The fraction of sp³-hybridized carbons (Fsp3) is 0.778. The number of rotatable bonds is 12. The zero-order valence-electron chi connectivity index (χ0n) is 13.0. The van der Waals surface area contributed by atoms with Gasteiger partial charge in [-0.25, -0.2) is 0 Å². The second-order valence-corrected chi connectivity index (χ2v) is 5.11. The fourth-order valence-electron chi connectivity index (χ4n) is 2.04. The first-order valence-electron chi connectivity index (χ1n) is 8.07. The van der Waals surface area contributed by atoms with Crippen LogP contribution in [0.4, 0.5) is 0 Å². The first kappa shape index (κ1) is 18.1. The van der Waals surface area contributed by atoms with E-state index in [1.807, 2.05) is 0 Å². The van der Waals surface area contributed by atoms with Gasteiger partial charge in [0.25, 0.3) is 0 Å². The van der Waals surface area contributed by atoms with Crippen LogP contribution in [0.1, 0.15) is 84.0 Å². The quantitative estimate of drug-likeness (QED) is 0.244. The topological polar surface area (TPSA) is 9.23 Å². The lowest BCUT2D eigenvalue weighted by atomic mass is 10.1. The SMILES string of the molecule is CCCC/C=C\CCCCCCCCCC#COC.